The van der Waals surface area contributed by atoms with Crippen LogP contribution in [0.15, 0.2) is 30.3 Å². The van der Waals surface area contributed by atoms with Crippen molar-refractivity contribution in [2.24, 2.45) is 0 Å². The van der Waals surface area contributed by atoms with E-state index in [0.29, 0.717) is 6.42 Å². The Labute approximate surface area is 83.6 Å². The third-order valence-corrected chi connectivity index (χ3v) is 2.35. The number of carbonyl (C=O) groups is 1. The second kappa shape index (κ2) is 3.66. The molecule has 2 nitrogen and oxygen atoms in total. The first-order chi connectivity index (χ1) is 6.74. The number of hydrogen-bond donors (Lipinski definition) is 1. The van der Waals surface area contributed by atoms with E-state index in [9.17, 15) is 4.79 Å². The fourth-order valence-corrected chi connectivity index (χ4v) is 1.41. The van der Waals surface area contributed by atoms with E-state index in [1.54, 1.807) is 0 Å². The van der Waals surface area contributed by atoms with Crippen LogP contribution in [0, 0.1) is 6.92 Å². The first-order valence-electron chi connectivity index (χ1n) is 4.78. The largest absolute Gasteiger partial charge is 0.349 e. The minimum atomic E-state index is 0.142. The summed E-state index contributed by atoms with van der Waals surface area (Å²) in [6.45, 7) is 2.07. The van der Waals surface area contributed by atoms with Crippen LogP contribution in [0.25, 0.3) is 6.08 Å². The highest BCUT2D eigenvalue weighted by atomic mass is 16.2. The van der Waals surface area contributed by atoms with Crippen LogP contribution >= 0.6 is 0 Å². The van der Waals surface area contributed by atoms with Gasteiger partial charge in [-0.15, -0.1) is 0 Å². The SMILES string of the molecule is Cc1ccc(C=CC2CC(=O)N2)cc1. The van der Waals surface area contributed by atoms with Gasteiger partial charge in [0.15, 0.2) is 0 Å². The molecule has 72 valence electrons. The highest BCUT2D eigenvalue weighted by molar-refractivity contribution is 5.84. The van der Waals surface area contributed by atoms with Gasteiger partial charge >= 0.3 is 0 Å². The summed E-state index contributed by atoms with van der Waals surface area (Å²) in [6, 6.07) is 8.56. The van der Waals surface area contributed by atoms with Crippen molar-refractivity contribution in [3.05, 3.63) is 41.5 Å². The normalized spacial score (nSPS) is 20.6. The Morgan fingerprint density at radius 2 is 2.00 bits per heavy atom. The molecular formula is C12H13NO. The van der Waals surface area contributed by atoms with Crippen LogP contribution in [0.5, 0.6) is 0 Å². The van der Waals surface area contributed by atoms with E-state index in [-0.39, 0.29) is 11.9 Å². The van der Waals surface area contributed by atoms with Gasteiger partial charge in [0, 0.05) is 0 Å². The maximum Gasteiger partial charge on any atom is 0.222 e. The van der Waals surface area contributed by atoms with Crippen LogP contribution in [0.2, 0.25) is 0 Å². The highest BCUT2D eigenvalue weighted by Gasteiger charge is 2.21. The van der Waals surface area contributed by atoms with Gasteiger partial charge in [0.25, 0.3) is 0 Å². The quantitative estimate of drug-likeness (QED) is 0.704. The third-order valence-electron chi connectivity index (χ3n) is 2.35. The van der Waals surface area contributed by atoms with Gasteiger partial charge in [-0.2, -0.15) is 0 Å². The Hall–Kier alpha value is -1.57. The zero-order valence-electron chi connectivity index (χ0n) is 8.16. The van der Waals surface area contributed by atoms with Crippen molar-refractivity contribution in [3.8, 4) is 0 Å². The molecule has 0 bridgehead atoms. The van der Waals surface area contributed by atoms with Crippen LogP contribution in [0.1, 0.15) is 17.5 Å². The zero-order valence-corrected chi connectivity index (χ0v) is 8.16. The van der Waals surface area contributed by atoms with Gasteiger partial charge < -0.3 is 5.32 Å². The Morgan fingerprint density at radius 1 is 1.36 bits per heavy atom. The lowest BCUT2D eigenvalue weighted by Crippen LogP contribution is -2.46. The molecule has 1 amide bonds. The van der Waals surface area contributed by atoms with E-state index in [4.69, 9.17) is 0 Å². The van der Waals surface area contributed by atoms with E-state index in [1.165, 1.54) is 11.1 Å². The summed E-state index contributed by atoms with van der Waals surface area (Å²) in [5.74, 6) is 0.142. The van der Waals surface area contributed by atoms with Crippen molar-refractivity contribution in [2.75, 3.05) is 0 Å². The third kappa shape index (κ3) is 2.02. The topological polar surface area (TPSA) is 29.1 Å². The van der Waals surface area contributed by atoms with Gasteiger partial charge in [-0.1, -0.05) is 42.0 Å². The lowest BCUT2D eigenvalue weighted by Gasteiger charge is -2.23. The van der Waals surface area contributed by atoms with Crippen LogP contribution in [0.3, 0.4) is 0 Å². The lowest BCUT2D eigenvalue weighted by molar-refractivity contribution is -0.127. The molecule has 2 rings (SSSR count). The maximum absolute atomic E-state index is 10.6. The van der Waals surface area contributed by atoms with Crippen LogP contribution in [0.4, 0.5) is 0 Å². The van der Waals surface area contributed by atoms with E-state index in [0.717, 1.165) is 0 Å². The number of rotatable bonds is 2. The molecule has 1 atom stereocenters. The van der Waals surface area contributed by atoms with E-state index in [2.05, 4.69) is 36.5 Å². The molecule has 14 heavy (non-hydrogen) atoms. The van der Waals surface area contributed by atoms with Crippen molar-refractivity contribution < 1.29 is 4.79 Å². The molecule has 1 N–H and O–H groups in total. The number of aryl methyl sites for hydroxylation is 1. The molecule has 1 saturated heterocycles. The van der Waals surface area contributed by atoms with Crippen LogP contribution in [-0.4, -0.2) is 11.9 Å². The molecule has 1 aromatic carbocycles. The van der Waals surface area contributed by atoms with E-state index >= 15 is 0 Å². The molecule has 1 fully saturated rings. The first-order valence-corrected chi connectivity index (χ1v) is 4.78. The Balaban J connectivity index is 1.97. The van der Waals surface area contributed by atoms with E-state index in [1.807, 2.05) is 12.2 Å². The summed E-state index contributed by atoms with van der Waals surface area (Å²) >= 11 is 0. The number of β-lactam (4-membered cyclic amide) rings is 1. The van der Waals surface area contributed by atoms with Gasteiger partial charge in [-0.3, -0.25) is 4.79 Å². The molecule has 2 heteroatoms. The van der Waals surface area contributed by atoms with Crippen molar-refractivity contribution in [1.82, 2.24) is 5.32 Å². The molecule has 1 aromatic rings. The lowest BCUT2D eigenvalue weighted by atomic mass is 10.0. The fourth-order valence-electron chi connectivity index (χ4n) is 1.41. The summed E-state index contributed by atoms with van der Waals surface area (Å²) in [5.41, 5.74) is 2.44. The average Bonchev–Trinajstić information content (AvgIpc) is 2.13. The molecule has 1 aliphatic heterocycles. The number of benzene rings is 1. The minimum absolute atomic E-state index is 0.142. The molecular weight excluding hydrogens is 174 g/mol. The maximum atomic E-state index is 10.6. The summed E-state index contributed by atoms with van der Waals surface area (Å²) in [5, 5.41) is 2.80. The Kier molecular flexibility index (Phi) is 2.35. The number of nitrogens with one attached hydrogen (secondary N) is 1. The van der Waals surface area contributed by atoms with Gasteiger partial charge in [0.2, 0.25) is 5.91 Å². The summed E-state index contributed by atoms with van der Waals surface area (Å²) < 4.78 is 0. The smallest absolute Gasteiger partial charge is 0.222 e. The molecule has 0 saturated carbocycles. The van der Waals surface area contributed by atoms with Gasteiger partial charge in [0.1, 0.15) is 0 Å². The minimum Gasteiger partial charge on any atom is -0.349 e. The summed E-state index contributed by atoms with van der Waals surface area (Å²) in [4.78, 5) is 10.6. The number of hydrogen-bond acceptors (Lipinski definition) is 1. The van der Waals surface area contributed by atoms with Crippen molar-refractivity contribution in [1.29, 1.82) is 0 Å². The molecule has 0 aromatic heterocycles. The highest BCUT2D eigenvalue weighted by Crippen LogP contribution is 2.09. The second-order valence-electron chi connectivity index (χ2n) is 3.65. The first kappa shape index (κ1) is 9.00. The Morgan fingerprint density at radius 3 is 2.57 bits per heavy atom. The second-order valence-corrected chi connectivity index (χ2v) is 3.65. The summed E-state index contributed by atoms with van der Waals surface area (Å²) in [7, 11) is 0. The number of amides is 1. The van der Waals surface area contributed by atoms with Crippen molar-refractivity contribution in [3.63, 3.8) is 0 Å². The molecule has 0 spiro atoms. The van der Waals surface area contributed by atoms with Crippen molar-refractivity contribution in [2.45, 2.75) is 19.4 Å². The zero-order chi connectivity index (χ0) is 9.97. The van der Waals surface area contributed by atoms with Gasteiger partial charge in [0.05, 0.1) is 12.5 Å². The van der Waals surface area contributed by atoms with Gasteiger partial charge in [-0.25, -0.2) is 0 Å². The summed E-state index contributed by atoms with van der Waals surface area (Å²) in [6.07, 6.45) is 4.71. The fraction of sp³-hybridized carbons (Fsp3) is 0.250. The predicted molar refractivity (Wildman–Crippen MR) is 56.8 cm³/mol. The van der Waals surface area contributed by atoms with Crippen LogP contribution < -0.4 is 5.32 Å². The molecule has 1 unspecified atom stereocenters. The molecule has 1 heterocycles. The van der Waals surface area contributed by atoms with Crippen molar-refractivity contribution >= 4 is 12.0 Å². The van der Waals surface area contributed by atoms with Crippen LogP contribution in [-0.2, 0) is 4.79 Å². The molecule has 0 aliphatic carbocycles. The van der Waals surface area contributed by atoms with E-state index < -0.39 is 0 Å². The molecule has 1 aliphatic rings. The Bertz CT molecular complexity index is 356. The predicted octanol–water partition coefficient (Wildman–Crippen LogP) is 1.90. The average molecular weight is 187 g/mol. The standard InChI is InChI=1S/C12H13NO/c1-9-2-4-10(5-3-9)6-7-11-8-12(14)13-11/h2-7,11H,8H2,1H3,(H,13,14). The van der Waals surface area contributed by atoms with Gasteiger partial charge in [-0.05, 0) is 12.5 Å². The molecule has 0 radical (unpaired) electrons. The number of carbonyl (C=O) groups excluding carboxylic acids is 1. The monoisotopic (exact) mass is 187 g/mol.